The van der Waals surface area contributed by atoms with Crippen LogP contribution in [0.5, 0.6) is 5.75 Å². The molecule has 5 heteroatoms. The molecule has 5 nitrogen and oxygen atoms in total. The molecule has 0 amide bonds. The highest BCUT2D eigenvalue weighted by molar-refractivity contribution is 5.85. The summed E-state index contributed by atoms with van der Waals surface area (Å²) in [6.07, 6.45) is -0.506. The molecule has 0 aliphatic carbocycles. The van der Waals surface area contributed by atoms with Gasteiger partial charge in [0, 0.05) is 30.6 Å². The first-order valence-electron chi connectivity index (χ1n) is 10.2. The van der Waals surface area contributed by atoms with Crippen LogP contribution in [0.25, 0.3) is 22.2 Å². The molecular formula is C24H28N2O3. The van der Waals surface area contributed by atoms with Gasteiger partial charge in [-0.15, -0.1) is 0 Å². The summed E-state index contributed by atoms with van der Waals surface area (Å²) in [5.41, 5.74) is 4.89. The number of hydrogen-bond acceptors (Lipinski definition) is 5. The Hall–Kier alpha value is -2.47. The average Bonchev–Trinajstić information content (AvgIpc) is 2.74. The minimum absolute atomic E-state index is 0.506. The first kappa shape index (κ1) is 19.8. The number of aliphatic hydroxyl groups excluding tert-OH is 1. The molecule has 152 valence electrons. The molecule has 1 atom stereocenters. The lowest BCUT2D eigenvalue weighted by molar-refractivity contribution is 0.0322. The summed E-state index contributed by atoms with van der Waals surface area (Å²) in [5, 5.41) is 11.0. The number of morpholine rings is 1. The van der Waals surface area contributed by atoms with E-state index in [0.717, 1.165) is 66.3 Å². The lowest BCUT2D eigenvalue weighted by atomic mass is 10.0. The lowest BCUT2D eigenvalue weighted by Gasteiger charge is -2.26. The number of nitrogens with zero attached hydrogens (tertiary/aromatic N) is 2. The van der Waals surface area contributed by atoms with Gasteiger partial charge in [0.1, 0.15) is 12.4 Å². The molecule has 1 N–H and O–H groups in total. The van der Waals surface area contributed by atoms with Crippen molar-refractivity contribution in [3.05, 3.63) is 59.7 Å². The summed E-state index contributed by atoms with van der Waals surface area (Å²) in [5.74, 6) is 0.855. The van der Waals surface area contributed by atoms with Gasteiger partial charge in [-0.1, -0.05) is 24.3 Å². The standard InChI is InChI=1S/C24H28N2O3/c1-17-14-23(25-24-16-19(18(2)27)6-7-22(17)24)20-4-3-5-21(15-20)29-13-10-26-8-11-28-12-9-26/h3-7,14-16,18,27H,8-13H2,1-2H3. The van der Waals surface area contributed by atoms with E-state index in [-0.39, 0.29) is 0 Å². The van der Waals surface area contributed by atoms with Crippen LogP contribution in [0, 0.1) is 6.92 Å². The van der Waals surface area contributed by atoms with Gasteiger partial charge in [-0.25, -0.2) is 4.98 Å². The Bertz CT molecular complexity index is 981. The molecule has 3 aromatic rings. The topological polar surface area (TPSA) is 54.8 Å². The van der Waals surface area contributed by atoms with E-state index in [1.807, 2.05) is 36.4 Å². The van der Waals surface area contributed by atoms with Gasteiger partial charge in [0.25, 0.3) is 0 Å². The number of rotatable bonds is 6. The summed E-state index contributed by atoms with van der Waals surface area (Å²) in [7, 11) is 0. The van der Waals surface area contributed by atoms with Crippen LogP contribution in [-0.2, 0) is 4.74 Å². The molecule has 1 aromatic heterocycles. The molecule has 2 heterocycles. The molecule has 0 saturated carbocycles. The molecule has 1 saturated heterocycles. The zero-order valence-corrected chi connectivity index (χ0v) is 17.1. The third kappa shape index (κ3) is 4.75. The largest absolute Gasteiger partial charge is 0.492 e. The minimum atomic E-state index is -0.506. The fourth-order valence-electron chi connectivity index (χ4n) is 3.69. The van der Waals surface area contributed by atoms with Crippen molar-refractivity contribution in [1.82, 2.24) is 9.88 Å². The Balaban J connectivity index is 1.53. The molecule has 1 aliphatic heterocycles. The van der Waals surface area contributed by atoms with E-state index < -0.39 is 6.10 Å². The first-order chi connectivity index (χ1) is 14.1. The van der Waals surface area contributed by atoms with Crippen molar-refractivity contribution in [2.45, 2.75) is 20.0 Å². The molecule has 29 heavy (non-hydrogen) atoms. The quantitative estimate of drug-likeness (QED) is 0.688. The SMILES string of the molecule is Cc1cc(-c2cccc(OCCN3CCOCC3)c2)nc2cc(C(C)O)ccc12. The van der Waals surface area contributed by atoms with Crippen molar-refractivity contribution in [3.63, 3.8) is 0 Å². The number of ether oxygens (including phenoxy) is 2. The van der Waals surface area contributed by atoms with Crippen LogP contribution >= 0.6 is 0 Å². The second-order valence-corrected chi connectivity index (χ2v) is 7.61. The normalized spacial score (nSPS) is 16.1. The Morgan fingerprint density at radius 1 is 1.14 bits per heavy atom. The summed E-state index contributed by atoms with van der Waals surface area (Å²) in [6, 6.07) is 16.2. The number of fused-ring (bicyclic) bond motifs is 1. The Labute approximate surface area is 171 Å². The molecule has 1 fully saturated rings. The van der Waals surface area contributed by atoms with Crippen LogP contribution in [0.1, 0.15) is 24.2 Å². The zero-order chi connectivity index (χ0) is 20.2. The summed E-state index contributed by atoms with van der Waals surface area (Å²) >= 11 is 0. The van der Waals surface area contributed by atoms with Gasteiger partial charge in [-0.05, 0) is 49.2 Å². The van der Waals surface area contributed by atoms with Crippen LogP contribution in [0.2, 0.25) is 0 Å². The van der Waals surface area contributed by atoms with Gasteiger partial charge >= 0.3 is 0 Å². The summed E-state index contributed by atoms with van der Waals surface area (Å²) in [4.78, 5) is 7.22. The smallest absolute Gasteiger partial charge is 0.120 e. The monoisotopic (exact) mass is 392 g/mol. The van der Waals surface area contributed by atoms with Gasteiger partial charge < -0.3 is 14.6 Å². The van der Waals surface area contributed by atoms with E-state index in [2.05, 4.69) is 24.0 Å². The van der Waals surface area contributed by atoms with Crippen molar-refractivity contribution in [2.75, 3.05) is 39.5 Å². The van der Waals surface area contributed by atoms with Crippen LogP contribution in [0.3, 0.4) is 0 Å². The molecule has 0 radical (unpaired) electrons. The number of aliphatic hydroxyl groups is 1. The van der Waals surface area contributed by atoms with Crippen LogP contribution < -0.4 is 4.74 Å². The fourth-order valence-corrected chi connectivity index (χ4v) is 3.69. The van der Waals surface area contributed by atoms with Crippen LogP contribution in [-0.4, -0.2) is 54.4 Å². The molecule has 0 spiro atoms. The molecule has 1 aliphatic rings. The van der Waals surface area contributed by atoms with Crippen LogP contribution in [0.15, 0.2) is 48.5 Å². The van der Waals surface area contributed by atoms with Gasteiger partial charge in [0.2, 0.25) is 0 Å². The predicted molar refractivity (Wildman–Crippen MR) is 115 cm³/mol. The molecule has 1 unspecified atom stereocenters. The highest BCUT2D eigenvalue weighted by Crippen LogP contribution is 2.28. The maximum atomic E-state index is 9.90. The van der Waals surface area contributed by atoms with Crippen molar-refractivity contribution >= 4 is 10.9 Å². The third-order valence-corrected chi connectivity index (χ3v) is 5.43. The zero-order valence-electron chi connectivity index (χ0n) is 17.1. The fraction of sp³-hybridized carbons (Fsp3) is 0.375. The summed E-state index contributed by atoms with van der Waals surface area (Å²) < 4.78 is 11.4. The van der Waals surface area contributed by atoms with E-state index in [4.69, 9.17) is 14.5 Å². The predicted octanol–water partition coefficient (Wildman–Crippen LogP) is 3.97. The van der Waals surface area contributed by atoms with Gasteiger partial charge in [-0.3, -0.25) is 4.90 Å². The van der Waals surface area contributed by atoms with Gasteiger partial charge in [0.05, 0.1) is 30.5 Å². The first-order valence-corrected chi connectivity index (χ1v) is 10.2. The Morgan fingerprint density at radius 2 is 1.97 bits per heavy atom. The van der Waals surface area contributed by atoms with E-state index in [0.29, 0.717) is 6.61 Å². The van der Waals surface area contributed by atoms with E-state index in [1.165, 1.54) is 5.56 Å². The van der Waals surface area contributed by atoms with E-state index >= 15 is 0 Å². The molecular weight excluding hydrogens is 364 g/mol. The maximum Gasteiger partial charge on any atom is 0.120 e. The highest BCUT2D eigenvalue weighted by atomic mass is 16.5. The summed E-state index contributed by atoms with van der Waals surface area (Å²) in [6.45, 7) is 8.98. The van der Waals surface area contributed by atoms with Crippen molar-refractivity contribution in [3.8, 4) is 17.0 Å². The van der Waals surface area contributed by atoms with Gasteiger partial charge in [-0.2, -0.15) is 0 Å². The molecule has 2 aromatic carbocycles. The number of aryl methyl sites for hydroxylation is 1. The number of aromatic nitrogens is 1. The maximum absolute atomic E-state index is 9.90. The second kappa shape index (κ2) is 8.91. The molecule has 4 rings (SSSR count). The van der Waals surface area contributed by atoms with Gasteiger partial charge in [0.15, 0.2) is 0 Å². The lowest BCUT2D eigenvalue weighted by Crippen LogP contribution is -2.38. The van der Waals surface area contributed by atoms with Crippen LogP contribution in [0.4, 0.5) is 0 Å². The Morgan fingerprint density at radius 3 is 2.76 bits per heavy atom. The average molecular weight is 392 g/mol. The van der Waals surface area contributed by atoms with E-state index in [1.54, 1.807) is 6.92 Å². The second-order valence-electron chi connectivity index (χ2n) is 7.61. The van der Waals surface area contributed by atoms with Crippen molar-refractivity contribution in [2.24, 2.45) is 0 Å². The highest BCUT2D eigenvalue weighted by Gasteiger charge is 2.11. The van der Waals surface area contributed by atoms with Crippen molar-refractivity contribution in [1.29, 1.82) is 0 Å². The van der Waals surface area contributed by atoms with Crippen molar-refractivity contribution < 1.29 is 14.6 Å². The number of hydrogen-bond donors (Lipinski definition) is 1. The molecule has 0 bridgehead atoms. The van der Waals surface area contributed by atoms with E-state index in [9.17, 15) is 5.11 Å². The third-order valence-electron chi connectivity index (χ3n) is 5.43. The number of benzene rings is 2. The minimum Gasteiger partial charge on any atom is -0.492 e. The number of pyridine rings is 1. The Kier molecular flexibility index (Phi) is 6.09.